The number of anilines is 2. The van der Waals surface area contributed by atoms with Gasteiger partial charge in [0.25, 0.3) is 0 Å². The quantitative estimate of drug-likeness (QED) is 0.856. The Morgan fingerprint density at radius 1 is 0.952 bits per heavy atom. The minimum Gasteiger partial charge on any atom is -0.337 e. The number of hydrogen-bond acceptors (Lipinski definition) is 2. The molecule has 0 fully saturated rings. The van der Waals surface area contributed by atoms with E-state index in [0.29, 0.717) is 24.5 Å². The van der Waals surface area contributed by atoms with Gasteiger partial charge in [0.05, 0.1) is 11.4 Å². The number of halogens is 2. The lowest BCUT2D eigenvalue weighted by Crippen LogP contribution is -2.22. The predicted molar refractivity (Wildman–Crippen MR) is 82.9 cm³/mol. The first-order valence-electron chi connectivity index (χ1n) is 7.19. The highest BCUT2D eigenvalue weighted by Crippen LogP contribution is 2.32. The number of nitrogens with zero attached hydrogens (tertiary/aromatic N) is 1. The van der Waals surface area contributed by atoms with Gasteiger partial charge in [-0.05, 0) is 37.2 Å². The highest BCUT2D eigenvalue weighted by atomic mass is 19.1. The number of hydrogen-bond donors (Lipinski definition) is 1. The Morgan fingerprint density at radius 3 is 2.33 bits per heavy atom. The van der Waals surface area contributed by atoms with Gasteiger partial charge in [0.1, 0.15) is 11.6 Å². The number of rotatable bonds is 6. The van der Waals surface area contributed by atoms with Crippen molar-refractivity contribution in [1.29, 1.82) is 0 Å². The molecule has 0 radical (unpaired) electrons. The maximum absolute atomic E-state index is 14.3. The monoisotopic (exact) mass is 290 g/mol. The van der Waals surface area contributed by atoms with E-state index in [1.54, 1.807) is 29.2 Å². The van der Waals surface area contributed by atoms with Gasteiger partial charge in [0.15, 0.2) is 0 Å². The zero-order valence-corrected chi connectivity index (χ0v) is 12.4. The normalized spacial score (nSPS) is 10.7. The first kappa shape index (κ1) is 15.4. The summed E-state index contributed by atoms with van der Waals surface area (Å²) in [6, 6.07) is 11.4. The molecule has 1 N–H and O–H groups in total. The first-order chi connectivity index (χ1) is 10.2. The smallest absolute Gasteiger partial charge is 0.147 e. The fraction of sp³-hybridized carbons (Fsp3) is 0.294. The Labute approximate surface area is 124 Å². The highest BCUT2D eigenvalue weighted by Gasteiger charge is 2.18. The van der Waals surface area contributed by atoms with E-state index in [4.69, 9.17) is 0 Å². The fourth-order valence-electron chi connectivity index (χ4n) is 2.38. The van der Waals surface area contributed by atoms with Crippen molar-refractivity contribution in [3.8, 4) is 0 Å². The zero-order valence-electron chi connectivity index (χ0n) is 12.4. The Balaban J connectivity index is 2.49. The fourth-order valence-corrected chi connectivity index (χ4v) is 2.38. The van der Waals surface area contributed by atoms with Gasteiger partial charge >= 0.3 is 0 Å². The van der Waals surface area contributed by atoms with Crippen molar-refractivity contribution in [3.05, 3.63) is 59.7 Å². The Bertz CT molecular complexity index is 599. The topological polar surface area (TPSA) is 15.3 Å². The van der Waals surface area contributed by atoms with Crippen molar-refractivity contribution in [1.82, 2.24) is 5.32 Å². The first-order valence-corrected chi connectivity index (χ1v) is 7.19. The molecule has 2 aromatic rings. The molecule has 0 aromatic heterocycles. The molecule has 4 heteroatoms. The summed E-state index contributed by atoms with van der Waals surface area (Å²) in [6.07, 6.45) is 0. The number of nitrogens with one attached hydrogen (secondary N) is 1. The van der Waals surface area contributed by atoms with E-state index in [0.717, 1.165) is 12.1 Å². The van der Waals surface area contributed by atoms with E-state index in [-0.39, 0.29) is 11.6 Å². The Kier molecular flexibility index (Phi) is 5.28. The van der Waals surface area contributed by atoms with Crippen LogP contribution in [0.4, 0.5) is 20.2 Å². The van der Waals surface area contributed by atoms with Crippen LogP contribution in [0.25, 0.3) is 0 Å². The van der Waals surface area contributed by atoms with Crippen molar-refractivity contribution >= 4 is 11.4 Å². The molecule has 2 rings (SSSR count). The molecule has 0 saturated heterocycles. The summed E-state index contributed by atoms with van der Waals surface area (Å²) in [5, 5.41) is 3.19. The summed E-state index contributed by atoms with van der Waals surface area (Å²) >= 11 is 0. The van der Waals surface area contributed by atoms with Crippen LogP contribution in [0, 0.1) is 11.6 Å². The summed E-state index contributed by atoms with van der Waals surface area (Å²) in [4.78, 5) is 1.68. The molecule has 0 amide bonds. The average molecular weight is 290 g/mol. The molecule has 2 aromatic carbocycles. The maximum atomic E-state index is 14.3. The van der Waals surface area contributed by atoms with Gasteiger partial charge in [0.2, 0.25) is 0 Å². The lowest BCUT2D eigenvalue weighted by Gasteiger charge is -2.27. The molecular formula is C17H20F2N2. The van der Waals surface area contributed by atoms with Gasteiger partial charge in [-0.2, -0.15) is 0 Å². The van der Waals surface area contributed by atoms with Gasteiger partial charge in [0, 0.05) is 13.1 Å². The third-order valence-corrected chi connectivity index (χ3v) is 3.37. The highest BCUT2D eigenvalue weighted by molar-refractivity contribution is 5.67. The van der Waals surface area contributed by atoms with Gasteiger partial charge < -0.3 is 10.2 Å². The molecule has 0 aliphatic carbocycles. The van der Waals surface area contributed by atoms with E-state index in [9.17, 15) is 8.78 Å². The van der Waals surface area contributed by atoms with Crippen LogP contribution in [0.15, 0.2) is 42.5 Å². The van der Waals surface area contributed by atoms with E-state index < -0.39 is 0 Å². The van der Waals surface area contributed by atoms with Crippen LogP contribution < -0.4 is 10.2 Å². The summed E-state index contributed by atoms with van der Waals surface area (Å²) < 4.78 is 28.4. The maximum Gasteiger partial charge on any atom is 0.147 e. The minimum absolute atomic E-state index is 0.337. The Morgan fingerprint density at radius 2 is 1.67 bits per heavy atom. The number of benzene rings is 2. The van der Waals surface area contributed by atoms with Gasteiger partial charge in [-0.1, -0.05) is 31.2 Å². The second kappa shape index (κ2) is 7.18. The predicted octanol–water partition coefficient (Wildman–Crippen LogP) is 4.23. The third kappa shape index (κ3) is 3.39. The van der Waals surface area contributed by atoms with Crippen LogP contribution in [0.1, 0.15) is 19.4 Å². The largest absolute Gasteiger partial charge is 0.337 e. The summed E-state index contributed by atoms with van der Waals surface area (Å²) in [7, 11) is 0. The van der Waals surface area contributed by atoms with Crippen molar-refractivity contribution < 1.29 is 8.78 Å². The zero-order chi connectivity index (χ0) is 15.2. The lowest BCUT2D eigenvalue weighted by atomic mass is 10.1. The van der Waals surface area contributed by atoms with Gasteiger partial charge in [-0.15, -0.1) is 0 Å². The molecule has 21 heavy (non-hydrogen) atoms. The number of para-hydroxylation sites is 2. The molecule has 112 valence electrons. The second-order valence-electron chi connectivity index (χ2n) is 4.72. The van der Waals surface area contributed by atoms with E-state index in [1.165, 1.54) is 12.1 Å². The summed E-state index contributed by atoms with van der Waals surface area (Å²) in [5.41, 5.74) is 1.65. The Hall–Kier alpha value is -1.94. The van der Waals surface area contributed by atoms with Gasteiger partial charge in [-0.25, -0.2) is 8.78 Å². The molecule has 0 atom stereocenters. The molecule has 0 saturated carbocycles. The van der Waals surface area contributed by atoms with E-state index in [1.807, 2.05) is 19.9 Å². The van der Waals surface area contributed by atoms with Gasteiger partial charge in [-0.3, -0.25) is 0 Å². The van der Waals surface area contributed by atoms with Crippen molar-refractivity contribution in [2.45, 2.75) is 20.4 Å². The molecule has 0 aliphatic rings. The molecule has 0 spiro atoms. The van der Waals surface area contributed by atoms with Crippen molar-refractivity contribution in [2.75, 3.05) is 18.0 Å². The molecule has 0 bridgehead atoms. The summed E-state index contributed by atoms with van der Waals surface area (Å²) in [6.45, 7) is 5.71. The minimum atomic E-state index is -0.350. The van der Waals surface area contributed by atoms with Crippen molar-refractivity contribution in [3.63, 3.8) is 0 Å². The molecule has 0 heterocycles. The second-order valence-corrected chi connectivity index (χ2v) is 4.72. The SMILES string of the molecule is CCNCc1cccc(F)c1N(CC)c1ccccc1F. The van der Waals surface area contributed by atoms with Crippen LogP contribution in [0.3, 0.4) is 0 Å². The van der Waals surface area contributed by atoms with Crippen LogP contribution >= 0.6 is 0 Å². The lowest BCUT2D eigenvalue weighted by molar-refractivity contribution is 0.609. The molecular weight excluding hydrogens is 270 g/mol. The third-order valence-electron chi connectivity index (χ3n) is 3.37. The van der Waals surface area contributed by atoms with Crippen LogP contribution in [0.5, 0.6) is 0 Å². The van der Waals surface area contributed by atoms with E-state index in [2.05, 4.69) is 5.32 Å². The average Bonchev–Trinajstić information content (AvgIpc) is 2.49. The van der Waals surface area contributed by atoms with Crippen LogP contribution in [-0.2, 0) is 6.54 Å². The van der Waals surface area contributed by atoms with Crippen LogP contribution in [0.2, 0.25) is 0 Å². The summed E-state index contributed by atoms with van der Waals surface area (Å²) in [5.74, 6) is -0.687. The molecule has 0 aliphatic heterocycles. The molecule has 0 unspecified atom stereocenters. The van der Waals surface area contributed by atoms with E-state index >= 15 is 0 Å². The molecule has 2 nitrogen and oxygen atoms in total. The van der Waals surface area contributed by atoms with Crippen LogP contribution in [-0.4, -0.2) is 13.1 Å². The standard InChI is InChI=1S/C17H20F2N2/c1-3-20-12-13-8-7-10-15(19)17(13)21(4-2)16-11-6-5-9-14(16)18/h5-11,20H,3-4,12H2,1-2H3. The van der Waals surface area contributed by atoms with Crippen molar-refractivity contribution in [2.24, 2.45) is 0 Å².